The van der Waals surface area contributed by atoms with Gasteiger partial charge in [0.15, 0.2) is 0 Å². The molecule has 0 spiro atoms. The molecule has 0 unspecified atom stereocenters. The Hall–Kier alpha value is -1.15. The van der Waals surface area contributed by atoms with Crippen LogP contribution in [0.4, 0.5) is 0 Å². The normalized spacial score (nSPS) is 15.1. The highest BCUT2D eigenvalue weighted by molar-refractivity contribution is 5.44. The van der Waals surface area contributed by atoms with Gasteiger partial charge in [0.05, 0.1) is 0 Å². The predicted molar refractivity (Wildman–Crippen MR) is 61.0 cm³/mol. The third-order valence-electron chi connectivity index (χ3n) is 2.13. The number of piperidine rings is 1. The zero-order valence-electron chi connectivity index (χ0n) is 8.58. The van der Waals surface area contributed by atoms with E-state index in [2.05, 4.69) is 16.9 Å². The van der Waals surface area contributed by atoms with E-state index in [0.29, 0.717) is 0 Å². The van der Waals surface area contributed by atoms with Crippen molar-refractivity contribution in [2.75, 3.05) is 13.1 Å². The lowest BCUT2D eigenvalue weighted by Gasteiger charge is -2.08. The van der Waals surface area contributed by atoms with Crippen LogP contribution in [-0.4, -0.2) is 18.1 Å². The van der Waals surface area contributed by atoms with Gasteiger partial charge in [-0.15, -0.1) is 0 Å². The average Bonchev–Trinajstić information content (AvgIpc) is 2.33. The number of nitrogens with one attached hydrogen (secondary N) is 1. The van der Waals surface area contributed by atoms with Crippen molar-refractivity contribution in [3.05, 3.63) is 36.7 Å². The molecule has 1 saturated heterocycles. The second-order valence-electron chi connectivity index (χ2n) is 3.30. The van der Waals surface area contributed by atoms with Crippen molar-refractivity contribution in [2.45, 2.75) is 19.3 Å². The van der Waals surface area contributed by atoms with E-state index < -0.39 is 0 Å². The Balaban J connectivity index is 0.000000146. The minimum Gasteiger partial charge on any atom is -0.317 e. The summed E-state index contributed by atoms with van der Waals surface area (Å²) in [6.45, 7) is 6.09. The number of hydrogen-bond acceptors (Lipinski definition) is 2. The van der Waals surface area contributed by atoms with Crippen molar-refractivity contribution in [3.8, 4) is 0 Å². The minimum absolute atomic E-state index is 1.06. The molecule has 2 rings (SSSR count). The van der Waals surface area contributed by atoms with Crippen LogP contribution in [0.5, 0.6) is 0 Å². The highest BCUT2D eigenvalue weighted by atomic mass is 14.9. The van der Waals surface area contributed by atoms with Gasteiger partial charge in [0.2, 0.25) is 0 Å². The monoisotopic (exact) mass is 190 g/mol. The fraction of sp³-hybridized carbons (Fsp3) is 0.417. The summed E-state index contributed by atoms with van der Waals surface area (Å²) in [7, 11) is 0. The number of aromatic nitrogens is 1. The molecule has 1 aliphatic heterocycles. The molecule has 1 fully saturated rings. The van der Waals surface area contributed by atoms with Gasteiger partial charge in [-0.3, -0.25) is 4.98 Å². The van der Waals surface area contributed by atoms with Gasteiger partial charge in [-0.1, -0.05) is 25.1 Å². The van der Waals surface area contributed by atoms with Crippen molar-refractivity contribution in [1.29, 1.82) is 0 Å². The Morgan fingerprint density at radius 1 is 1.29 bits per heavy atom. The van der Waals surface area contributed by atoms with Crippen molar-refractivity contribution >= 4 is 6.08 Å². The maximum Gasteiger partial charge on any atom is 0.0340 e. The summed E-state index contributed by atoms with van der Waals surface area (Å²) in [6, 6.07) is 3.84. The van der Waals surface area contributed by atoms with Gasteiger partial charge < -0.3 is 5.32 Å². The highest BCUT2D eigenvalue weighted by Crippen LogP contribution is 1.96. The van der Waals surface area contributed by atoms with Crippen LogP contribution < -0.4 is 5.32 Å². The first-order valence-corrected chi connectivity index (χ1v) is 5.16. The lowest BCUT2D eigenvalue weighted by Crippen LogP contribution is -2.21. The molecule has 0 radical (unpaired) electrons. The summed E-state index contributed by atoms with van der Waals surface area (Å²) in [6.07, 6.45) is 9.50. The first kappa shape index (κ1) is 10.9. The van der Waals surface area contributed by atoms with Gasteiger partial charge in [-0.25, -0.2) is 0 Å². The summed E-state index contributed by atoms with van der Waals surface area (Å²) < 4.78 is 0. The summed E-state index contributed by atoms with van der Waals surface area (Å²) in [5.74, 6) is 0. The molecule has 2 nitrogen and oxygen atoms in total. The fourth-order valence-electron chi connectivity index (χ4n) is 1.30. The average molecular weight is 190 g/mol. The standard InChI is InChI=1S/C7H7N.C5H11N/c1-2-7-4-3-5-8-6-7;1-2-4-6-5-3-1/h2-6H,1H2;6H,1-5H2. The van der Waals surface area contributed by atoms with E-state index in [1.807, 2.05) is 12.1 Å². The second kappa shape index (κ2) is 7.27. The molecule has 1 aromatic rings. The van der Waals surface area contributed by atoms with Crippen LogP contribution in [0.25, 0.3) is 6.08 Å². The van der Waals surface area contributed by atoms with Crippen molar-refractivity contribution in [1.82, 2.24) is 10.3 Å². The molecule has 0 aromatic carbocycles. The lowest BCUT2D eigenvalue weighted by molar-refractivity contribution is 0.520. The Bertz CT molecular complexity index is 228. The molecule has 0 bridgehead atoms. The molecule has 0 saturated carbocycles. The second-order valence-corrected chi connectivity index (χ2v) is 3.30. The molecule has 1 aromatic heterocycles. The molecular weight excluding hydrogens is 172 g/mol. The van der Waals surface area contributed by atoms with Crippen LogP contribution in [0.1, 0.15) is 24.8 Å². The summed E-state index contributed by atoms with van der Waals surface area (Å²) in [4.78, 5) is 3.88. The van der Waals surface area contributed by atoms with Gasteiger partial charge in [0, 0.05) is 12.4 Å². The number of hydrogen-bond donors (Lipinski definition) is 1. The smallest absolute Gasteiger partial charge is 0.0340 e. The van der Waals surface area contributed by atoms with Crippen LogP contribution >= 0.6 is 0 Å². The largest absolute Gasteiger partial charge is 0.317 e. The maximum atomic E-state index is 3.88. The van der Waals surface area contributed by atoms with Gasteiger partial charge in [-0.05, 0) is 37.6 Å². The number of pyridine rings is 1. The zero-order valence-corrected chi connectivity index (χ0v) is 8.58. The molecule has 1 aliphatic rings. The Kier molecular flexibility index (Phi) is 5.68. The highest BCUT2D eigenvalue weighted by Gasteiger charge is 1.93. The van der Waals surface area contributed by atoms with E-state index in [0.717, 1.165) is 5.56 Å². The van der Waals surface area contributed by atoms with Gasteiger partial charge >= 0.3 is 0 Å². The molecule has 0 amide bonds. The molecular formula is C12H18N2. The third-order valence-corrected chi connectivity index (χ3v) is 2.13. The molecule has 2 heteroatoms. The molecule has 1 N–H and O–H groups in total. The van der Waals surface area contributed by atoms with Crippen LogP contribution in [0.3, 0.4) is 0 Å². The molecule has 0 aliphatic carbocycles. The van der Waals surface area contributed by atoms with E-state index in [9.17, 15) is 0 Å². The van der Waals surface area contributed by atoms with Crippen LogP contribution in [0.15, 0.2) is 31.1 Å². The van der Waals surface area contributed by atoms with E-state index in [-0.39, 0.29) is 0 Å². The van der Waals surface area contributed by atoms with Crippen molar-refractivity contribution in [2.24, 2.45) is 0 Å². The molecule has 2 heterocycles. The van der Waals surface area contributed by atoms with Gasteiger partial charge in [0.25, 0.3) is 0 Å². The molecule has 0 atom stereocenters. The Morgan fingerprint density at radius 2 is 2.07 bits per heavy atom. The maximum absolute atomic E-state index is 3.88. The zero-order chi connectivity index (χ0) is 10.1. The predicted octanol–water partition coefficient (Wildman–Crippen LogP) is 2.48. The molecule has 76 valence electrons. The Labute approximate surface area is 86.1 Å². The topological polar surface area (TPSA) is 24.9 Å². The van der Waals surface area contributed by atoms with Gasteiger partial charge in [-0.2, -0.15) is 0 Å². The first-order chi connectivity index (χ1) is 6.93. The van der Waals surface area contributed by atoms with Crippen LogP contribution in [0, 0.1) is 0 Å². The van der Waals surface area contributed by atoms with Gasteiger partial charge in [0.1, 0.15) is 0 Å². The summed E-state index contributed by atoms with van der Waals surface area (Å²) in [5.41, 5.74) is 1.06. The lowest BCUT2D eigenvalue weighted by atomic mass is 10.2. The SMILES string of the molecule is C1CCNCC1.C=Cc1cccnc1. The first-order valence-electron chi connectivity index (χ1n) is 5.16. The third kappa shape index (κ3) is 4.77. The summed E-state index contributed by atoms with van der Waals surface area (Å²) in [5, 5.41) is 3.28. The van der Waals surface area contributed by atoms with E-state index in [1.165, 1.54) is 32.4 Å². The number of rotatable bonds is 1. The van der Waals surface area contributed by atoms with Crippen molar-refractivity contribution < 1.29 is 0 Å². The van der Waals surface area contributed by atoms with E-state index >= 15 is 0 Å². The van der Waals surface area contributed by atoms with E-state index in [4.69, 9.17) is 0 Å². The summed E-state index contributed by atoms with van der Waals surface area (Å²) >= 11 is 0. The van der Waals surface area contributed by atoms with Crippen molar-refractivity contribution in [3.63, 3.8) is 0 Å². The Morgan fingerprint density at radius 3 is 2.36 bits per heavy atom. The minimum atomic E-state index is 1.06. The quantitative estimate of drug-likeness (QED) is 0.736. The van der Waals surface area contributed by atoms with E-state index in [1.54, 1.807) is 18.5 Å². The van der Waals surface area contributed by atoms with Crippen LogP contribution in [-0.2, 0) is 0 Å². The van der Waals surface area contributed by atoms with Crippen LogP contribution in [0.2, 0.25) is 0 Å². The fourth-order valence-corrected chi connectivity index (χ4v) is 1.30. The molecule has 14 heavy (non-hydrogen) atoms. The number of nitrogens with zero attached hydrogens (tertiary/aromatic N) is 1.